The van der Waals surface area contributed by atoms with Gasteiger partial charge in [-0.05, 0) is 24.3 Å². The molecule has 0 radical (unpaired) electrons. The standard InChI is InChI=1S/C16H13N3O3/c20-16-12-4-3-7-17-15(12)18-10-19(16)8-11-9-21-13-5-1-2-6-14(13)22-11/h1-7,10-11H,8-9H2. The van der Waals surface area contributed by atoms with E-state index >= 15 is 0 Å². The molecule has 0 saturated carbocycles. The van der Waals surface area contributed by atoms with E-state index in [2.05, 4.69) is 9.97 Å². The summed E-state index contributed by atoms with van der Waals surface area (Å²) in [5.74, 6) is 1.43. The maximum Gasteiger partial charge on any atom is 0.262 e. The third-order valence-electron chi connectivity index (χ3n) is 3.57. The van der Waals surface area contributed by atoms with E-state index in [1.54, 1.807) is 18.3 Å². The molecule has 0 aliphatic carbocycles. The van der Waals surface area contributed by atoms with E-state index in [1.165, 1.54) is 10.9 Å². The molecule has 1 unspecified atom stereocenters. The van der Waals surface area contributed by atoms with Crippen molar-refractivity contribution in [2.45, 2.75) is 12.6 Å². The molecule has 6 heteroatoms. The first-order chi connectivity index (χ1) is 10.8. The van der Waals surface area contributed by atoms with Gasteiger partial charge >= 0.3 is 0 Å². The molecule has 2 aromatic heterocycles. The van der Waals surface area contributed by atoms with Crippen LogP contribution >= 0.6 is 0 Å². The molecule has 1 aromatic carbocycles. The number of aromatic nitrogens is 3. The zero-order valence-corrected chi connectivity index (χ0v) is 11.7. The van der Waals surface area contributed by atoms with Gasteiger partial charge in [-0.15, -0.1) is 0 Å². The van der Waals surface area contributed by atoms with Crippen LogP contribution in [0.3, 0.4) is 0 Å². The predicted octanol–water partition coefficient (Wildman–Crippen LogP) is 1.63. The van der Waals surface area contributed by atoms with Gasteiger partial charge in [0.05, 0.1) is 11.9 Å². The van der Waals surface area contributed by atoms with E-state index in [9.17, 15) is 4.79 Å². The second-order valence-electron chi connectivity index (χ2n) is 5.07. The average molecular weight is 295 g/mol. The Balaban J connectivity index is 1.62. The van der Waals surface area contributed by atoms with Crippen LogP contribution in [-0.2, 0) is 6.54 Å². The minimum Gasteiger partial charge on any atom is -0.486 e. The molecule has 4 rings (SSSR count). The van der Waals surface area contributed by atoms with Crippen molar-refractivity contribution in [2.75, 3.05) is 6.61 Å². The van der Waals surface area contributed by atoms with Gasteiger partial charge in [0.25, 0.3) is 5.56 Å². The lowest BCUT2D eigenvalue weighted by atomic mass is 10.2. The van der Waals surface area contributed by atoms with Crippen LogP contribution in [-0.4, -0.2) is 27.2 Å². The number of hydrogen-bond acceptors (Lipinski definition) is 5. The summed E-state index contributed by atoms with van der Waals surface area (Å²) >= 11 is 0. The first-order valence-electron chi connectivity index (χ1n) is 7.00. The van der Waals surface area contributed by atoms with Crippen LogP contribution < -0.4 is 15.0 Å². The van der Waals surface area contributed by atoms with Crippen LogP contribution in [0.5, 0.6) is 11.5 Å². The zero-order chi connectivity index (χ0) is 14.9. The Kier molecular flexibility index (Phi) is 3.00. The maximum atomic E-state index is 12.4. The van der Waals surface area contributed by atoms with Crippen LogP contribution in [0.2, 0.25) is 0 Å². The van der Waals surface area contributed by atoms with Gasteiger partial charge in [-0.2, -0.15) is 0 Å². The normalized spacial score (nSPS) is 16.6. The highest BCUT2D eigenvalue weighted by atomic mass is 16.6. The van der Waals surface area contributed by atoms with E-state index in [4.69, 9.17) is 9.47 Å². The summed E-state index contributed by atoms with van der Waals surface area (Å²) in [4.78, 5) is 20.7. The average Bonchev–Trinajstić information content (AvgIpc) is 2.57. The largest absolute Gasteiger partial charge is 0.486 e. The van der Waals surface area contributed by atoms with Crippen molar-refractivity contribution in [1.82, 2.24) is 14.5 Å². The molecule has 0 amide bonds. The molecule has 3 heterocycles. The smallest absolute Gasteiger partial charge is 0.262 e. The van der Waals surface area contributed by atoms with Crippen molar-refractivity contribution >= 4 is 11.0 Å². The number of hydrogen-bond donors (Lipinski definition) is 0. The highest BCUT2D eigenvalue weighted by molar-refractivity contribution is 5.72. The summed E-state index contributed by atoms with van der Waals surface area (Å²) < 4.78 is 13.1. The number of benzene rings is 1. The van der Waals surface area contributed by atoms with Gasteiger partial charge in [0.1, 0.15) is 12.9 Å². The fourth-order valence-corrected chi connectivity index (χ4v) is 2.50. The number of ether oxygens (including phenoxy) is 2. The van der Waals surface area contributed by atoms with E-state index in [1.807, 2.05) is 24.3 Å². The summed E-state index contributed by atoms with van der Waals surface area (Å²) in [6, 6.07) is 11.0. The molecule has 0 N–H and O–H groups in total. The summed E-state index contributed by atoms with van der Waals surface area (Å²) in [6.45, 7) is 0.777. The van der Waals surface area contributed by atoms with Crippen LogP contribution in [0, 0.1) is 0 Å². The Morgan fingerprint density at radius 2 is 2.00 bits per heavy atom. The quantitative estimate of drug-likeness (QED) is 0.719. The Morgan fingerprint density at radius 1 is 1.14 bits per heavy atom. The zero-order valence-electron chi connectivity index (χ0n) is 11.7. The highest BCUT2D eigenvalue weighted by Crippen LogP contribution is 2.31. The van der Waals surface area contributed by atoms with Gasteiger partial charge in [0.15, 0.2) is 23.3 Å². The lowest BCUT2D eigenvalue weighted by Crippen LogP contribution is -2.36. The molecule has 22 heavy (non-hydrogen) atoms. The SMILES string of the molecule is O=c1c2cccnc2ncn1CC1COc2ccccc2O1. The molecule has 1 atom stereocenters. The lowest BCUT2D eigenvalue weighted by Gasteiger charge is -2.26. The van der Waals surface area contributed by atoms with Crippen molar-refractivity contribution in [3.8, 4) is 11.5 Å². The number of para-hydroxylation sites is 2. The lowest BCUT2D eigenvalue weighted by molar-refractivity contribution is 0.0777. The third kappa shape index (κ3) is 2.18. The van der Waals surface area contributed by atoms with Gasteiger partial charge in [0.2, 0.25) is 0 Å². The Bertz CT molecular complexity index is 891. The van der Waals surface area contributed by atoms with Crippen LogP contribution in [0.1, 0.15) is 0 Å². The van der Waals surface area contributed by atoms with Crippen LogP contribution in [0.4, 0.5) is 0 Å². The summed E-state index contributed by atoms with van der Waals surface area (Å²) in [7, 11) is 0. The Hall–Kier alpha value is -2.89. The van der Waals surface area contributed by atoms with Crippen LogP contribution in [0.25, 0.3) is 11.0 Å². The number of pyridine rings is 1. The molecule has 0 spiro atoms. The monoisotopic (exact) mass is 295 g/mol. The second-order valence-corrected chi connectivity index (χ2v) is 5.07. The summed E-state index contributed by atoms with van der Waals surface area (Å²) in [5, 5.41) is 0.502. The summed E-state index contributed by atoms with van der Waals surface area (Å²) in [6.07, 6.45) is 2.89. The molecule has 1 aliphatic heterocycles. The number of rotatable bonds is 2. The third-order valence-corrected chi connectivity index (χ3v) is 3.57. The number of fused-ring (bicyclic) bond motifs is 2. The molecular formula is C16H13N3O3. The first kappa shape index (κ1) is 12.8. The molecule has 3 aromatic rings. The molecule has 110 valence electrons. The predicted molar refractivity (Wildman–Crippen MR) is 80.2 cm³/mol. The van der Waals surface area contributed by atoms with E-state index in [0.717, 1.165) is 5.75 Å². The Labute approximate surface area is 126 Å². The van der Waals surface area contributed by atoms with Crippen molar-refractivity contribution in [1.29, 1.82) is 0 Å². The molecular weight excluding hydrogens is 282 g/mol. The van der Waals surface area contributed by atoms with Gasteiger partial charge < -0.3 is 9.47 Å². The van der Waals surface area contributed by atoms with Crippen molar-refractivity contribution < 1.29 is 9.47 Å². The highest BCUT2D eigenvalue weighted by Gasteiger charge is 2.21. The van der Waals surface area contributed by atoms with E-state index in [-0.39, 0.29) is 11.7 Å². The van der Waals surface area contributed by atoms with Gasteiger partial charge in [-0.1, -0.05) is 12.1 Å². The molecule has 0 bridgehead atoms. The van der Waals surface area contributed by atoms with Crippen molar-refractivity contribution in [3.05, 3.63) is 59.3 Å². The molecule has 0 saturated heterocycles. The van der Waals surface area contributed by atoms with Crippen molar-refractivity contribution in [2.24, 2.45) is 0 Å². The van der Waals surface area contributed by atoms with Gasteiger partial charge in [-0.25, -0.2) is 9.97 Å². The van der Waals surface area contributed by atoms with Crippen LogP contribution in [0.15, 0.2) is 53.7 Å². The summed E-state index contributed by atoms with van der Waals surface area (Å²) in [5.41, 5.74) is 0.329. The number of nitrogens with zero attached hydrogens (tertiary/aromatic N) is 3. The second kappa shape index (κ2) is 5.14. The fraction of sp³-hybridized carbons (Fsp3) is 0.188. The minimum absolute atomic E-state index is 0.124. The molecule has 0 fully saturated rings. The topological polar surface area (TPSA) is 66.2 Å². The minimum atomic E-state index is -0.233. The van der Waals surface area contributed by atoms with Gasteiger partial charge in [0, 0.05) is 6.20 Å². The Morgan fingerprint density at radius 3 is 2.91 bits per heavy atom. The molecule has 1 aliphatic rings. The fourth-order valence-electron chi connectivity index (χ4n) is 2.50. The van der Waals surface area contributed by atoms with E-state index < -0.39 is 0 Å². The molecule has 6 nitrogen and oxygen atoms in total. The van der Waals surface area contributed by atoms with Gasteiger partial charge in [-0.3, -0.25) is 9.36 Å². The van der Waals surface area contributed by atoms with Crippen molar-refractivity contribution in [3.63, 3.8) is 0 Å². The maximum absolute atomic E-state index is 12.4. The first-order valence-corrected chi connectivity index (χ1v) is 7.00. The van der Waals surface area contributed by atoms with E-state index in [0.29, 0.717) is 29.9 Å².